The zero-order valence-electron chi connectivity index (χ0n) is 11.9. The first-order chi connectivity index (χ1) is 8.84. The highest BCUT2D eigenvalue weighted by atomic mass is 15.3. The average molecular weight is 251 g/mol. The molecule has 0 aromatic heterocycles. The highest BCUT2D eigenvalue weighted by molar-refractivity contribution is 4.88. The molecule has 104 valence electrons. The van der Waals surface area contributed by atoms with Crippen LogP contribution in [0.5, 0.6) is 0 Å². The summed E-state index contributed by atoms with van der Waals surface area (Å²) < 4.78 is 0. The van der Waals surface area contributed by atoms with E-state index in [1.807, 2.05) is 0 Å². The van der Waals surface area contributed by atoms with E-state index in [2.05, 4.69) is 22.0 Å². The molecule has 0 bridgehead atoms. The highest BCUT2D eigenvalue weighted by Gasteiger charge is 2.31. The Morgan fingerprint density at radius 2 is 1.56 bits per heavy atom. The quantitative estimate of drug-likeness (QED) is 0.803. The third-order valence-electron chi connectivity index (χ3n) is 5.45. The van der Waals surface area contributed by atoms with Crippen LogP contribution in [0.25, 0.3) is 0 Å². The summed E-state index contributed by atoms with van der Waals surface area (Å²) in [7, 11) is 0. The van der Waals surface area contributed by atoms with E-state index in [4.69, 9.17) is 0 Å². The van der Waals surface area contributed by atoms with Crippen molar-refractivity contribution in [2.45, 2.75) is 51.1 Å². The second-order valence-corrected chi connectivity index (χ2v) is 6.55. The molecule has 1 saturated carbocycles. The Balaban J connectivity index is 1.49. The number of piperidine rings is 1. The van der Waals surface area contributed by atoms with Crippen LogP contribution in [0.3, 0.4) is 0 Å². The molecule has 18 heavy (non-hydrogen) atoms. The molecule has 3 nitrogen and oxygen atoms in total. The highest BCUT2D eigenvalue weighted by Crippen LogP contribution is 2.26. The van der Waals surface area contributed by atoms with Crippen molar-refractivity contribution in [3.05, 3.63) is 0 Å². The van der Waals surface area contributed by atoms with Gasteiger partial charge in [-0.3, -0.25) is 9.80 Å². The van der Waals surface area contributed by atoms with Gasteiger partial charge in [0.15, 0.2) is 0 Å². The fourth-order valence-corrected chi connectivity index (χ4v) is 4.17. The summed E-state index contributed by atoms with van der Waals surface area (Å²) in [5.74, 6) is 0.879. The molecule has 2 atom stereocenters. The molecule has 2 unspecified atom stereocenters. The maximum Gasteiger partial charge on any atom is 0.0247 e. The van der Waals surface area contributed by atoms with Crippen molar-refractivity contribution in [1.29, 1.82) is 0 Å². The number of hydrogen-bond acceptors (Lipinski definition) is 3. The number of nitrogens with zero attached hydrogens (tertiary/aromatic N) is 2. The van der Waals surface area contributed by atoms with Crippen molar-refractivity contribution >= 4 is 0 Å². The van der Waals surface area contributed by atoms with Gasteiger partial charge >= 0.3 is 0 Å². The third-order valence-corrected chi connectivity index (χ3v) is 5.45. The molecule has 0 amide bonds. The van der Waals surface area contributed by atoms with E-state index in [1.54, 1.807) is 0 Å². The van der Waals surface area contributed by atoms with E-state index < -0.39 is 0 Å². The van der Waals surface area contributed by atoms with Crippen LogP contribution in [-0.2, 0) is 0 Å². The summed E-state index contributed by atoms with van der Waals surface area (Å²) in [6, 6.07) is 1.72. The molecule has 0 aromatic rings. The van der Waals surface area contributed by atoms with Crippen LogP contribution in [-0.4, -0.2) is 61.2 Å². The number of rotatable bonds is 2. The summed E-state index contributed by atoms with van der Waals surface area (Å²) in [4.78, 5) is 5.52. The van der Waals surface area contributed by atoms with Gasteiger partial charge < -0.3 is 5.32 Å². The second kappa shape index (κ2) is 5.89. The maximum absolute atomic E-state index is 3.57. The van der Waals surface area contributed by atoms with Crippen molar-refractivity contribution in [2.24, 2.45) is 5.92 Å². The molecule has 1 N–H and O–H groups in total. The van der Waals surface area contributed by atoms with Crippen molar-refractivity contribution < 1.29 is 0 Å². The van der Waals surface area contributed by atoms with Gasteiger partial charge in [-0.1, -0.05) is 19.8 Å². The molecule has 3 rings (SSSR count). The van der Waals surface area contributed by atoms with Crippen LogP contribution in [0.1, 0.15) is 39.0 Å². The van der Waals surface area contributed by atoms with Crippen LogP contribution in [0.4, 0.5) is 0 Å². The Morgan fingerprint density at radius 1 is 0.889 bits per heavy atom. The van der Waals surface area contributed by atoms with Gasteiger partial charge in [-0.15, -0.1) is 0 Å². The van der Waals surface area contributed by atoms with Gasteiger partial charge in [0.1, 0.15) is 0 Å². The van der Waals surface area contributed by atoms with E-state index in [0.717, 1.165) is 18.0 Å². The lowest BCUT2D eigenvalue weighted by Gasteiger charge is -2.45. The topological polar surface area (TPSA) is 18.5 Å². The Morgan fingerprint density at radius 3 is 2.22 bits per heavy atom. The molecule has 2 heterocycles. The summed E-state index contributed by atoms with van der Waals surface area (Å²) in [6.07, 6.45) is 7.21. The van der Waals surface area contributed by atoms with Crippen LogP contribution in [0.2, 0.25) is 0 Å². The Labute approximate surface area is 112 Å². The van der Waals surface area contributed by atoms with E-state index in [-0.39, 0.29) is 0 Å². The molecule has 1 aliphatic carbocycles. The maximum atomic E-state index is 3.57. The minimum absolute atomic E-state index is 0.796. The van der Waals surface area contributed by atoms with Crippen LogP contribution in [0.15, 0.2) is 0 Å². The minimum Gasteiger partial charge on any atom is -0.315 e. The van der Waals surface area contributed by atoms with E-state index in [1.165, 1.54) is 71.4 Å². The smallest absolute Gasteiger partial charge is 0.0247 e. The molecule has 2 saturated heterocycles. The van der Waals surface area contributed by atoms with Gasteiger partial charge in [-0.25, -0.2) is 0 Å². The standard InChI is InChI=1S/C15H29N3/c1-13-6-7-16-12-15(13)18-10-8-17(9-11-18)14-4-2-3-5-14/h13-16H,2-12H2,1H3. The van der Waals surface area contributed by atoms with E-state index in [0.29, 0.717) is 0 Å². The summed E-state index contributed by atoms with van der Waals surface area (Å²) in [5.41, 5.74) is 0. The molecule has 0 aromatic carbocycles. The predicted molar refractivity (Wildman–Crippen MR) is 75.8 cm³/mol. The zero-order valence-corrected chi connectivity index (χ0v) is 11.9. The number of hydrogen-bond donors (Lipinski definition) is 1. The van der Waals surface area contributed by atoms with Gasteiger partial charge in [0.25, 0.3) is 0 Å². The van der Waals surface area contributed by atoms with Crippen molar-refractivity contribution in [3.8, 4) is 0 Å². The fraction of sp³-hybridized carbons (Fsp3) is 1.00. The van der Waals surface area contributed by atoms with Gasteiger partial charge in [0, 0.05) is 44.8 Å². The molecular weight excluding hydrogens is 222 g/mol. The first-order valence-electron chi connectivity index (χ1n) is 8.03. The predicted octanol–water partition coefficient (Wildman–Crippen LogP) is 1.54. The third kappa shape index (κ3) is 2.73. The first kappa shape index (κ1) is 12.9. The number of nitrogens with one attached hydrogen (secondary N) is 1. The Kier molecular flexibility index (Phi) is 4.22. The van der Waals surface area contributed by atoms with Crippen LogP contribution >= 0.6 is 0 Å². The molecule has 0 spiro atoms. The fourth-order valence-electron chi connectivity index (χ4n) is 4.17. The number of piperazine rings is 1. The second-order valence-electron chi connectivity index (χ2n) is 6.55. The summed E-state index contributed by atoms with van der Waals surface area (Å²) in [5, 5.41) is 3.57. The molecule has 2 aliphatic heterocycles. The molecule has 0 radical (unpaired) electrons. The SMILES string of the molecule is CC1CCNCC1N1CCN(C2CCCC2)CC1. The average Bonchev–Trinajstić information content (AvgIpc) is 2.94. The zero-order chi connectivity index (χ0) is 12.4. The Hall–Kier alpha value is -0.120. The molecule has 3 fully saturated rings. The van der Waals surface area contributed by atoms with Crippen LogP contribution in [0, 0.1) is 5.92 Å². The van der Waals surface area contributed by atoms with E-state index >= 15 is 0 Å². The lowest BCUT2D eigenvalue weighted by Crippen LogP contribution is -2.58. The first-order valence-corrected chi connectivity index (χ1v) is 8.03. The normalized spacial score (nSPS) is 37.2. The molecule has 3 heteroatoms. The monoisotopic (exact) mass is 251 g/mol. The molecule has 3 aliphatic rings. The van der Waals surface area contributed by atoms with Crippen molar-refractivity contribution in [1.82, 2.24) is 15.1 Å². The lowest BCUT2D eigenvalue weighted by molar-refractivity contribution is 0.0439. The lowest BCUT2D eigenvalue weighted by atomic mass is 9.93. The van der Waals surface area contributed by atoms with Gasteiger partial charge in [0.05, 0.1) is 0 Å². The minimum atomic E-state index is 0.796. The Bertz CT molecular complexity index is 254. The van der Waals surface area contributed by atoms with Crippen molar-refractivity contribution in [3.63, 3.8) is 0 Å². The van der Waals surface area contributed by atoms with Gasteiger partial charge in [-0.05, 0) is 31.7 Å². The van der Waals surface area contributed by atoms with Crippen LogP contribution < -0.4 is 5.32 Å². The van der Waals surface area contributed by atoms with Gasteiger partial charge in [0.2, 0.25) is 0 Å². The molecular formula is C15H29N3. The summed E-state index contributed by atoms with van der Waals surface area (Å²) in [6.45, 7) is 10.1. The van der Waals surface area contributed by atoms with Crippen molar-refractivity contribution in [2.75, 3.05) is 39.3 Å². The van der Waals surface area contributed by atoms with Gasteiger partial charge in [-0.2, -0.15) is 0 Å². The largest absolute Gasteiger partial charge is 0.315 e. The summed E-state index contributed by atoms with van der Waals surface area (Å²) >= 11 is 0. The van der Waals surface area contributed by atoms with E-state index in [9.17, 15) is 0 Å².